The molecule has 1 aromatic rings. The molecule has 2 aliphatic rings. The van der Waals surface area contributed by atoms with E-state index in [-0.39, 0.29) is 11.8 Å². The fraction of sp³-hybridized carbons (Fsp3) is 0.529. The van der Waals surface area contributed by atoms with Gasteiger partial charge in [0.05, 0.1) is 5.92 Å². The van der Waals surface area contributed by atoms with E-state index >= 15 is 0 Å². The Morgan fingerprint density at radius 3 is 2.55 bits per heavy atom. The monoisotopic (exact) mass is 302 g/mol. The molecule has 5 heteroatoms. The van der Waals surface area contributed by atoms with Crippen LogP contribution in [-0.2, 0) is 4.79 Å². The molecular weight excluding hydrogens is 280 g/mol. The molecule has 1 aliphatic heterocycles. The van der Waals surface area contributed by atoms with Gasteiger partial charge in [0.15, 0.2) is 0 Å². The van der Waals surface area contributed by atoms with Crippen LogP contribution in [-0.4, -0.2) is 49.1 Å². The van der Waals surface area contributed by atoms with E-state index in [1.54, 1.807) is 11.0 Å². The van der Waals surface area contributed by atoms with Crippen LogP contribution in [0.25, 0.3) is 0 Å². The van der Waals surface area contributed by atoms with E-state index in [0.717, 1.165) is 18.5 Å². The van der Waals surface area contributed by atoms with Crippen molar-refractivity contribution in [3.8, 4) is 0 Å². The average molecular weight is 302 g/mol. The Bertz CT molecular complexity index is 595. The second kappa shape index (κ2) is 5.63. The molecule has 22 heavy (non-hydrogen) atoms. The van der Waals surface area contributed by atoms with Crippen LogP contribution in [0.4, 0.5) is 5.69 Å². The smallest absolute Gasteiger partial charge is 0.308 e. The zero-order valence-electron chi connectivity index (χ0n) is 13.0. The Kier molecular flexibility index (Phi) is 3.81. The topological polar surface area (TPSA) is 60.9 Å². The van der Waals surface area contributed by atoms with Crippen molar-refractivity contribution >= 4 is 17.6 Å². The van der Waals surface area contributed by atoms with Crippen molar-refractivity contribution in [1.29, 1.82) is 0 Å². The number of nitrogens with zero attached hydrogens (tertiary/aromatic N) is 2. The zero-order chi connectivity index (χ0) is 15.9. The number of amides is 1. The van der Waals surface area contributed by atoms with Gasteiger partial charge in [0.1, 0.15) is 0 Å². The second-order valence-electron chi connectivity index (χ2n) is 6.60. The minimum atomic E-state index is -0.769. The fourth-order valence-electron chi connectivity index (χ4n) is 3.36. The Balaban J connectivity index is 1.78. The van der Waals surface area contributed by atoms with Crippen LogP contribution in [0.1, 0.15) is 23.2 Å². The summed E-state index contributed by atoms with van der Waals surface area (Å²) in [5.41, 5.74) is 1.60. The van der Waals surface area contributed by atoms with E-state index in [0.29, 0.717) is 24.6 Å². The van der Waals surface area contributed by atoms with Gasteiger partial charge in [-0.3, -0.25) is 9.59 Å². The number of benzene rings is 1. The number of aliphatic carboxylic acids is 1. The normalized spacial score (nSPS) is 24.4. The summed E-state index contributed by atoms with van der Waals surface area (Å²) in [5.74, 6) is -0.619. The average Bonchev–Trinajstić information content (AvgIpc) is 3.25. The third-order valence-corrected chi connectivity index (χ3v) is 4.81. The summed E-state index contributed by atoms with van der Waals surface area (Å²) in [4.78, 5) is 27.8. The fourth-order valence-corrected chi connectivity index (χ4v) is 3.36. The van der Waals surface area contributed by atoms with Crippen LogP contribution in [0.2, 0.25) is 0 Å². The first kappa shape index (κ1) is 14.9. The summed E-state index contributed by atoms with van der Waals surface area (Å²) in [6.07, 6.45) is 2.21. The number of rotatable bonds is 4. The molecule has 0 bridgehead atoms. The quantitative estimate of drug-likeness (QED) is 0.923. The Morgan fingerprint density at radius 2 is 1.95 bits per heavy atom. The van der Waals surface area contributed by atoms with Crippen molar-refractivity contribution in [3.63, 3.8) is 0 Å². The number of carboxylic acid groups (broad SMARTS) is 1. The number of hydrogen-bond acceptors (Lipinski definition) is 3. The Hall–Kier alpha value is -2.04. The van der Waals surface area contributed by atoms with Gasteiger partial charge in [0.25, 0.3) is 5.91 Å². The van der Waals surface area contributed by atoms with Crippen molar-refractivity contribution in [2.75, 3.05) is 32.1 Å². The molecule has 1 N–H and O–H groups in total. The highest BCUT2D eigenvalue weighted by Crippen LogP contribution is 2.44. The number of hydrogen-bond donors (Lipinski definition) is 1. The van der Waals surface area contributed by atoms with Crippen molar-refractivity contribution in [2.45, 2.75) is 12.8 Å². The van der Waals surface area contributed by atoms with Crippen LogP contribution in [0.15, 0.2) is 24.3 Å². The number of likely N-dealkylation sites (tertiary alicyclic amines) is 1. The molecule has 1 aromatic carbocycles. The van der Waals surface area contributed by atoms with Gasteiger partial charge in [-0.2, -0.15) is 0 Å². The second-order valence-corrected chi connectivity index (χ2v) is 6.60. The number of carbonyl (C=O) groups excluding carboxylic acids is 1. The SMILES string of the molecule is CN(C)c1cccc(C(=O)N2C[C@@H](C(=O)O)[C@H](C3CC3)C2)c1. The zero-order valence-corrected chi connectivity index (χ0v) is 13.0. The molecule has 3 rings (SSSR count). The van der Waals surface area contributed by atoms with Gasteiger partial charge in [0.2, 0.25) is 0 Å². The highest BCUT2D eigenvalue weighted by molar-refractivity contribution is 5.95. The molecule has 2 atom stereocenters. The third kappa shape index (κ3) is 2.80. The molecule has 0 unspecified atom stereocenters. The summed E-state index contributed by atoms with van der Waals surface area (Å²) >= 11 is 0. The molecule has 118 valence electrons. The number of carboxylic acids is 1. The number of carbonyl (C=O) groups is 2. The first-order valence-electron chi connectivity index (χ1n) is 7.77. The maximum Gasteiger partial charge on any atom is 0.308 e. The van der Waals surface area contributed by atoms with Crippen LogP contribution >= 0.6 is 0 Å². The summed E-state index contributed by atoms with van der Waals surface area (Å²) in [5, 5.41) is 9.40. The van der Waals surface area contributed by atoms with Gasteiger partial charge < -0.3 is 14.9 Å². The van der Waals surface area contributed by atoms with Crippen LogP contribution in [0.3, 0.4) is 0 Å². The molecule has 0 radical (unpaired) electrons. The van der Waals surface area contributed by atoms with E-state index in [1.807, 2.05) is 37.2 Å². The van der Waals surface area contributed by atoms with Gasteiger partial charge >= 0.3 is 5.97 Å². The van der Waals surface area contributed by atoms with Gasteiger partial charge in [-0.15, -0.1) is 0 Å². The molecule has 0 spiro atoms. The lowest BCUT2D eigenvalue weighted by molar-refractivity contribution is -0.142. The molecule has 0 aromatic heterocycles. The highest BCUT2D eigenvalue weighted by Gasteiger charge is 2.46. The summed E-state index contributed by atoms with van der Waals surface area (Å²) in [7, 11) is 3.87. The lowest BCUT2D eigenvalue weighted by atomic mass is 9.92. The lowest BCUT2D eigenvalue weighted by Crippen LogP contribution is -2.30. The van der Waals surface area contributed by atoms with E-state index in [1.165, 1.54) is 0 Å². The van der Waals surface area contributed by atoms with Crippen LogP contribution in [0, 0.1) is 17.8 Å². The predicted molar refractivity (Wildman–Crippen MR) is 84.0 cm³/mol. The van der Waals surface area contributed by atoms with Gasteiger partial charge in [-0.25, -0.2) is 0 Å². The largest absolute Gasteiger partial charge is 0.481 e. The van der Waals surface area contributed by atoms with E-state index in [9.17, 15) is 14.7 Å². The van der Waals surface area contributed by atoms with E-state index in [4.69, 9.17) is 0 Å². The summed E-state index contributed by atoms with van der Waals surface area (Å²) in [6, 6.07) is 7.48. The molecular formula is C17H22N2O3. The maximum atomic E-state index is 12.7. The predicted octanol–water partition coefficient (Wildman–Crippen LogP) is 1.94. The van der Waals surface area contributed by atoms with Gasteiger partial charge in [0, 0.05) is 38.4 Å². The molecule has 1 saturated carbocycles. The van der Waals surface area contributed by atoms with Crippen molar-refractivity contribution in [2.24, 2.45) is 17.8 Å². The summed E-state index contributed by atoms with van der Waals surface area (Å²) in [6.45, 7) is 0.911. The highest BCUT2D eigenvalue weighted by atomic mass is 16.4. The first-order chi connectivity index (χ1) is 10.5. The van der Waals surface area contributed by atoms with Crippen molar-refractivity contribution in [1.82, 2.24) is 4.90 Å². The minimum absolute atomic E-state index is 0.0573. The van der Waals surface area contributed by atoms with Gasteiger partial charge in [-0.05, 0) is 42.9 Å². The Labute approximate surface area is 130 Å². The molecule has 1 amide bonds. The lowest BCUT2D eigenvalue weighted by Gasteiger charge is -2.18. The third-order valence-electron chi connectivity index (χ3n) is 4.81. The first-order valence-corrected chi connectivity index (χ1v) is 7.77. The molecule has 1 heterocycles. The Morgan fingerprint density at radius 1 is 1.23 bits per heavy atom. The van der Waals surface area contributed by atoms with Gasteiger partial charge in [-0.1, -0.05) is 6.07 Å². The van der Waals surface area contributed by atoms with Crippen molar-refractivity contribution in [3.05, 3.63) is 29.8 Å². The van der Waals surface area contributed by atoms with Crippen LogP contribution < -0.4 is 4.90 Å². The minimum Gasteiger partial charge on any atom is -0.481 e. The molecule has 1 aliphatic carbocycles. The van der Waals surface area contributed by atoms with Crippen LogP contribution in [0.5, 0.6) is 0 Å². The number of anilines is 1. The summed E-state index contributed by atoms with van der Waals surface area (Å²) < 4.78 is 0. The molecule has 1 saturated heterocycles. The standard InChI is InChI=1S/C17H22N2O3/c1-18(2)13-5-3-4-12(8-13)16(20)19-9-14(11-6-7-11)15(10-19)17(21)22/h3-5,8,11,14-15H,6-7,9-10H2,1-2H3,(H,21,22)/t14-,15+/m0/s1. The van der Waals surface area contributed by atoms with E-state index < -0.39 is 11.9 Å². The van der Waals surface area contributed by atoms with E-state index in [2.05, 4.69) is 0 Å². The molecule has 2 fully saturated rings. The maximum absolute atomic E-state index is 12.7. The molecule has 5 nitrogen and oxygen atoms in total. The van der Waals surface area contributed by atoms with Crippen molar-refractivity contribution < 1.29 is 14.7 Å².